The minimum atomic E-state index is -0.383. The highest BCUT2D eigenvalue weighted by molar-refractivity contribution is 5.56. The van der Waals surface area contributed by atoms with Gasteiger partial charge in [0.15, 0.2) is 5.75 Å². The van der Waals surface area contributed by atoms with Crippen LogP contribution in [0.3, 0.4) is 0 Å². The van der Waals surface area contributed by atoms with Crippen molar-refractivity contribution in [2.45, 2.75) is 25.9 Å². The molecule has 7 nitrogen and oxygen atoms in total. The molecule has 0 aliphatic heterocycles. The maximum atomic E-state index is 6.46. The summed E-state index contributed by atoms with van der Waals surface area (Å²) in [4.78, 5) is 4.14. The third-order valence-corrected chi connectivity index (χ3v) is 3.49. The van der Waals surface area contributed by atoms with Crippen LogP contribution in [-0.4, -0.2) is 31.5 Å². The maximum absolute atomic E-state index is 6.46. The molecule has 0 amide bonds. The van der Waals surface area contributed by atoms with Crippen molar-refractivity contribution in [2.24, 2.45) is 5.73 Å². The highest BCUT2D eigenvalue weighted by Crippen LogP contribution is 2.31. The Morgan fingerprint density at radius 1 is 1.19 bits per heavy atom. The minimum absolute atomic E-state index is 0.190. The lowest BCUT2D eigenvalue weighted by Crippen LogP contribution is -2.19. The van der Waals surface area contributed by atoms with Gasteiger partial charge in [0.2, 0.25) is 0 Å². The van der Waals surface area contributed by atoms with E-state index in [9.17, 15) is 0 Å². The van der Waals surface area contributed by atoms with E-state index < -0.39 is 0 Å². The molecule has 0 fully saturated rings. The number of fused-ring (bicyclic) bond motifs is 1. The van der Waals surface area contributed by atoms with E-state index in [1.165, 1.54) is 0 Å². The van der Waals surface area contributed by atoms with Crippen molar-refractivity contribution in [1.29, 1.82) is 0 Å². The van der Waals surface area contributed by atoms with Gasteiger partial charge in [-0.05, 0) is 13.8 Å². The first-order valence-electron chi connectivity index (χ1n) is 6.77. The van der Waals surface area contributed by atoms with E-state index in [2.05, 4.69) is 29.0 Å². The van der Waals surface area contributed by atoms with Crippen LogP contribution in [-0.2, 0) is 0 Å². The molecule has 3 aromatic rings. The molecule has 3 rings (SSSR count). The van der Waals surface area contributed by atoms with Crippen LogP contribution in [0.5, 0.6) is 5.75 Å². The molecule has 3 heterocycles. The van der Waals surface area contributed by atoms with Crippen LogP contribution in [0.4, 0.5) is 0 Å². The molecule has 7 heteroatoms. The van der Waals surface area contributed by atoms with Crippen molar-refractivity contribution in [3.8, 4) is 5.75 Å². The summed E-state index contributed by atoms with van der Waals surface area (Å²) >= 11 is 0. The molecule has 0 saturated carbocycles. The Hall–Kier alpha value is -2.41. The average Bonchev–Trinajstić information content (AvgIpc) is 3.10. The van der Waals surface area contributed by atoms with Crippen LogP contribution in [0.1, 0.15) is 37.2 Å². The molecule has 1 atom stereocenters. The Morgan fingerprint density at radius 3 is 2.71 bits per heavy atom. The number of nitrogens with zero attached hydrogens (tertiary/aromatic N) is 5. The SMILES string of the molecule is COc1cnn(C(C)C)c1C(N)c1cnn2ccncc12. The minimum Gasteiger partial charge on any atom is -0.493 e. The third-order valence-electron chi connectivity index (χ3n) is 3.49. The van der Waals surface area contributed by atoms with Crippen LogP contribution in [0.15, 0.2) is 31.0 Å². The summed E-state index contributed by atoms with van der Waals surface area (Å²) in [5.41, 5.74) is 9.07. The van der Waals surface area contributed by atoms with Crippen molar-refractivity contribution in [3.05, 3.63) is 42.2 Å². The quantitative estimate of drug-likeness (QED) is 0.787. The monoisotopic (exact) mass is 286 g/mol. The summed E-state index contributed by atoms with van der Waals surface area (Å²) < 4.78 is 9.03. The predicted molar refractivity (Wildman–Crippen MR) is 78.2 cm³/mol. The van der Waals surface area contributed by atoms with Gasteiger partial charge in [0, 0.05) is 24.0 Å². The number of hydrogen-bond acceptors (Lipinski definition) is 5. The zero-order chi connectivity index (χ0) is 15.0. The fraction of sp³-hybridized carbons (Fsp3) is 0.357. The lowest BCUT2D eigenvalue weighted by Gasteiger charge is -2.17. The van der Waals surface area contributed by atoms with Gasteiger partial charge in [-0.15, -0.1) is 0 Å². The number of rotatable bonds is 4. The highest BCUT2D eigenvalue weighted by atomic mass is 16.5. The Kier molecular flexibility index (Phi) is 3.34. The summed E-state index contributed by atoms with van der Waals surface area (Å²) in [7, 11) is 1.62. The van der Waals surface area contributed by atoms with Gasteiger partial charge in [0.25, 0.3) is 0 Å². The normalized spacial score (nSPS) is 13.0. The number of methoxy groups -OCH3 is 1. The zero-order valence-electron chi connectivity index (χ0n) is 12.3. The Morgan fingerprint density at radius 2 is 2.00 bits per heavy atom. The molecule has 0 aliphatic rings. The van der Waals surface area contributed by atoms with Crippen molar-refractivity contribution < 1.29 is 4.74 Å². The molecule has 110 valence electrons. The smallest absolute Gasteiger partial charge is 0.161 e. The van der Waals surface area contributed by atoms with Gasteiger partial charge in [0.1, 0.15) is 5.69 Å². The summed E-state index contributed by atoms with van der Waals surface area (Å²) in [6.07, 6.45) is 8.69. The number of hydrogen-bond donors (Lipinski definition) is 1. The molecule has 0 saturated heterocycles. The molecule has 0 bridgehead atoms. The second-order valence-electron chi connectivity index (χ2n) is 5.12. The van der Waals surface area contributed by atoms with Crippen LogP contribution in [0, 0.1) is 0 Å². The van der Waals surface area contributed by atoms with Gasteiger partial charge < -0.3 is 10.5 Å². The third kappa shape index (κ3) is 2.15. The maximum Gasteiger partial charge on any atom is 0.161 e. The number of nitrogens with two attached hydrogens (primary N) is 1. The summed E-state index contributed by atoms with van der Waals surface area (Å²) in [6.45, 7) is 4.11. The van der Waals surface area contributed by atoms with E-state index in [0.29, 0.717) is 5.75 Å². The predicted octanol–water partition coefficient (Wildman–Crippen LogP) is 1.56. The molecule has 2 N–H and O–H groups in total. The Bertz CT molecular complexity index is 760. The van der Waals surface area contributed by atoms with Crippen LogP contribution < -0.4 is 10.5 Å². The molecule has 3 aromatic heterocycles. The van der Waals surface area contributed by atoms with Crippen molar-refractivity contribution in [1.82, 2.24) is 24.4 Å². The van der Waals surface area contributed by atoms with E-state index in [0.717, 1.165) is 16.8 Å². The van der Waals surface area contributed by atoms with Crippen molar-refractivity contribution in [2.75, 3.05) is 7.11 Å². The average molecular weight is 286 g/mol. The summed E-state index contributed by atoms with van der Waals surface area (Å²) in [5.74, 6) is 0.680. The van der Waals surface area contributed by atoms with Gasteiger partial charge in [-0.3, -0.25) is 9.67 Å². The largest absolute Gasteiger partial charge is 0.493 e. The zero-order valence-corrected chi connectivity index (χ0v) is 12.3. The van der Waals surface area contributed by atoms with Crippen LogP contribution in [0.2, 0.25) is 0 Å². The molecular formula is C14H18N6O. The second kappa shape index (κ2) is 5.17. The number of aromatic nitrogens is 5. The van der Waals surface area contributed by atoms with Crippen LogP contribution in [0.25, 0.3) is 5.52 Å². The fourth-order valence-corrected chi connectivity index (χ4v) is 2.46. The van der Waals surface area contributed by atoms with E-state index in [1.807, 2.05) is 4.68 Å². The van der Waals surface area contributed by atoms with E-state index in [1.54, 1.807) is 42.6 Å². The lowest BCUT2D eigenvalue weighted by atomic mass is 10.1. The molecule has 0 radical (unpaired) electrons. The molecule has 0 aromatic carbocycles. The van der Waals surface area contributed by atoms with Gasteiger partial charge in [-0.2, -0.15) is 10.2 Å². The topological polar surface area (TPSA) is 83.3 Å². The van der Waals surface area contributed by atoms with E-state index >= 15 is 0 Å². The molecule has 1 unspecified atom stereocenters. The van der Waals surface area contributed by atoms with Gasteiger partial charge >= 0.3 is 0 Å². The molecule has 21 heavy (non-hydrogen) atoms. The number of ether oxygens (including phenoxy) is 1. The molecule has 0 spiro atoms. The standard InChI is InChI=1S/C14H18N6O/c1-9(2)20-14(12(21-3)8-18-20)13(15)10-6-17-19-5-4-16-7-11(10)19/h4-9,13H,15H2,1-3H3. The van der Waals surface area contributed by atoms with E-state index in [4.69, 9.17) is 10.5 Å². The fourth-order valence-electron chi connectivity index (χ4n) is 2.46. The first-order chi connectivity index (χ1) is 10.1. The van der Waals surface area contributed by atoms with Crippen molar-refractivity contribution in [3.63, 3.8) is 0 Å². The van der Waals surface area contributed by atoms with Gasteiger partial charge in [-0.1, -0.05) is 0 Å². The first-order valence-corrected chi connectivity index (χ1v) is 6.77. The summed E-state index contributed by atoms with van der Waals surface area (Å²) in [5, 5.41) is 8.67. The first kappa shape index (κ1) is 13.6. The second-order valence-corrected chi connectivity index (χ2v) is 5.12. The van der Waals surface area contributed by atoms with E-state index in [-0.39, 0.29) is 12.1 Å². The van der Waals surface area contributed by atoms with Crippen molar-refractivity contribution >= 4 is 5.52 Å². The van der Waals surface area contributed by atoms with Gasteiger partial charge in [-0.25, -0.2) is 4.52 Å². The molecule has 0 aliphatic carbocycles. The van der Waals surface area contributed by atoms with Gasteiger partial charge in [0.05, 0.1) is 37.3 Å². The Balaban J connectivity index is 2.14. The Labute approximate surface area is 122 Å². The lowest BCUT2D eigenvalue weighted by molar-refractivity contribution is 0.401. The molecular weight excluding hydrogens is 268 g/mol. The summed E-state index contributed by atoms with van der Waals surface area (Å²) in [6, 6.07) is -0.193. The highest BCUT2D eigenvalue weighted by Gasteiger charge is 2.24. The van der Waals surface area contributed by atoms with Crippen LogP contribution >= 0.6 is 0 Å².